The van der Waals surface area contributed by atoms with E-state index in [-0.39, 0.29) is 22.6 Å². The van der Waals surface area contributed by atoms with Gasteiger partial charge in [0.25, 0.3) is 10.0 Å². The zero-order chi connectivity index (χ0) is 21.6. The van der Waals surface area contributed by atoms with Crippen LogP contribution in [0.15, 0.2) is 58.2 Å². The Balaban J connectivity index is 1.59. The molecule has 1 unspecified atom stereocenters. The van der Waals surface area contributed by atoms with Crippen LogP contribution in [0, 0.1) is 0 Å². The molecule has 0 aliphatic carbocycles. The summed E-state index contributed by atoms with van der Waals surface area (Å²) >= 11 is 0. The van der Waals surface area contributed by atoms with Crippen molar-refractivity contribution in [2.75, 3.05) is 11.8 Å². The molecule has 4 aromatic rings. The number of nitrogens with zero attached hydrogens (tertiary/aromatic N) is 3. The van der Waals surface area contributed by atoms with Gasteiger partial charge in [-0.3, -0.25) is 9.40 Å². The smallest absolute Gasteiger partial charge is 0.266 e. The van der Waals surface area contributed by atoms with Crippen LogP contribution in [0.25, 0.3) is 11.0 Å². The summed E-state index contributed by atoms with van der Waals surface area (Å²) in [6, 6.07) is 10.1. The Kier molecular flexibility index (Phi) is 4.58. The Labute approximate surface area is 178 Å². The molecule has 0 saturated heterocycles. The van der Waals surface area contributed by atoms with E-state index in [4.69, 9.17) is 14.0 Å². The van der Waals surface area contributed by atoms with Gasteiger partial charge in [-0.25, -0.2) is 8.42 Å². The number of fused-ring (bicyclic) bond motifs is 3. The van der Waals surface area contributed by atoms with E-state index in [9.17, 15) is 8.42 Å². The number of ether oxygens (including phenoxy) is 2. The van der Waals surface area contributed by atoms with E-state index < -0.39 is 10.0 Å². The summed E-state index contributed by atoms with van der Waals surface area (Å²) in [4.78, 5) is 0.00915. The van der Waals surface area contributed by atoms with Crippen LogP contribution in [-0.4, -0.2) is 36.6 Å². The molecule has 160 valence electrons. The molecule has 0 fully saturated rings. The van der Waals surface area contributed by atoms with Crippen molar-refractivity contribution in [3.63, 3.8) is 0 Å². The van der Waals surface area contributed by atoms with E-state index in [0.717, 1.165) is 11.1 Å². The van der Waals surface area contributed by atoms with Crippen LogP contribution in [0.1, 0.15) is 18.1 Å². The Bertz CT molecular complexity index is 1360. The number of methoxy groups -OCH3 is 1. The zero-order valence-corrected chi connectivity index (χ0v) is 17.7. The first-order chi connectivity index (χ1) is 15.0. The molecule has 1 N–H and O–H groups in total. The highest BCUT2D eigenvalue weighted by atomic mass is 32.2. The molecule has 0 amide bonds. The standard InChI is InChI=1S/C21H20N4O5S/c1-13-10-15-14(12-25-9-5-8-22-25)11-17-19(20(15)29-13)21(23-30-17)24-31(26,27)18-7-4-3-6-16(18)28-2/h3-9,11,13H,10,12H2,1-2H3,(H,23,24). The molecule has 0 spiro atoms. The summed E-state index contributed by atoms with van der Waals surface area (Å²) in [5.74, 6) is 0.905. The fraction of sp³-hybridized carbons (Fsp3) is 0.238. The van der Waals surface area contributed by atoms with Crippen LogP contribution in [0.3, 0.4) is 0 Å². The van der Waals surface area contributed by atoms with Gasteiger partial charge >= 0.3 is 0 Å². The third kappa shape index (κ3) is 3.38. The van der Waals surface area contributed by atoms with E-state index in [0.29, 0.717) is 29.7 Å². The van der Waals surface area contributed by atoms with Gasteiger partial charge in [0, 0.05) is 24.4 Å². The highest BCUT2D eigenvalue weighted by molar-refractivity contribution is 7.92. The second kappa shape index (κ2) is 7.31. The molecular weight excluding hydrogens is 420 g/mol. The minimum atomic E-state index is -3.97. The van der Waals surface area contributed by atoms with Gasteiger partial charge in [0.05, 0.1) is 13.7 Å². The van der Waals surface area contributed by atoms with Crippen molar-refractivity contribution in [2.45, 2.75) is 30.9 Å². The van der Waals surface area contributed by atoms with Gasteiger partial charge in [-0.05, 0) is 36.8 Å². The molecule has 5 rings (SSSR count). The zero-order valence-electron chi connectivity index (χ0n) is 16.9. The fourth-order valence-corrected chi connectivity index (χ4v) is 5.03. The van der Waals surface area contributed by atoms with Gasteiger partial charge in [-0.2, -0.15) is 5.10 Å². The normalized spacial score (nSPS) is 15.6. The number of para-hydroxylation sites is 1. The molecule has 9 nitrogen and oxygen atoms in total. The first kappa shape index (κ1) is 19.4. The van der Waals surface area contributed by atoms with Gasteiger partial charge < -0.3 is 14.0 Å². The Morgan fingerprint density at radius 3 is 2.90 bits per heavy atom. The molecule has 1 aliphatic rings. The van der Waals surface area contributed by atoms with Crippen LogP contribution < -0.4 is 14.2 Å². The fourth-order valence-electron chi connectivity index (χ4n) is 3.85. The number of hydrogen-bond acceptors (Lipinski definition) is 7. The lowest BCUT2D eigenvalue weighted by atomic mass is 10.0. The van der Waals surface area contributed by atoms with Crippen molar-refractivity contribution in [1.29, 1.82) is 0 Å². The highest BCUT2D eigenvalue weighted by Crippen LogP contribution is 2.43. The topological polar surface area (TPSA) is 108 Å². The molecular formula is C21H20N4O5S. The second-order valence-electron chi connectivity index (χ2n) is 7.34. The lowest BCUT2D eigenvalue weighted by Gasteiger charge is -2.11. The number of nitrogens with one attached hydrogen (secondary N) is 1. The molecule has 0 bridgehead atoms. The van der Waals surface area contributed by atoms with E-state index in [1.165, 1.54) is 13.2 Å². The summed E-state index contributed by atoms with van der Waals surface area (Å²) in [5.41, 5.74) is 2.43. The van der Waals surface area contributed by atoms with Crippen LogP contribution in [0.4, 0.5) is 5.82 Å². The van der Waals surface area contributed by atoms with Crippen molar-refractivity contribution < 1.29 is 22.4 Å². The van der Waals surface area contributed by atoms with Crippen molar-refractivity contribution in [2.24, 2.45) is 0 Å². The third-order valence-electron chi connectivity index (χ3n) is 5.20. The highest BCUT2D eigenvalue weighted by Gasteiger charge is 2.30. The maximum atomic E-state index is 13.0. The van der Waals surface area contributed by atoms with Crippen LogP contribution in [0.5, 0.6) is 11.5 Å². The first-order valence-corrected chi connectivity index (χ1v) is 11.2. The summed E-state index contributed by atoms with van der Waals surface area (Å²) in [6.45, 7) is 2.51. The monoisotopic (exact) mass is 440 g/mol. The molecule has 1 atom stereocenters. The summed E-state index contributed by atoms with van der Waals surface area (Å²) in [6.07, 6.45) is 4.25. The number of anilines is 1. The van der Waals surface area contributed by atoms with Crippen molar-refractivity contribution in [1.82, 2.24) is 14.9 Å². The average Bonchev–Trinajstić information content (AvgIpc) is 3.48. The molecule has 1 aliphatic heterocycles. The van der Waals surface area contributed by atoms with Gasteiger partial charge in [0.2, 0.25) is 0 Å². The largest absolute Gasteiger partial charge is 0.495 e. The lowest BCUT2D eigenvalue weighted by Crippen LogP contribution is -2.14. The van der Waals surface area contributed by atoms with Crippen molar-refractivity contribution in [3.05, 3.63) is 59.9 Å². The predicted octanol–water partition coefficient (Wildman–Crippen LogP) is 3.21. The van der Waals surface area contributed by atoms with E-state index in [2.05, 4.69) is 15.0 Å². The number of hydrogen-bond donors (Lipinski definition) is 1. The van der Waals surface area contributed by atoms with Gasteiger partial charge in [0.1, 0.15) is 27.9 Å². The number of benzene rings is 2. The van der Waals surface area contributed by atoms with Crippen molar-refractivity contribution >= 4 is 26.8 Å². The first-order valence-electron chi connectivity index (χ1n) is 9.70. The molecule has 10 heteroatoms. The minimum Gasteiger partial charge on any atom is -0.495 e. The van der Waals surface area contributed by atoms with E-state index >= 15 is 0 Å². The number of aromatic nitrogens is 3. The minimum absolute atomic E-state index is 0.00915. The van der Waals surface area contributed by atoms with Gasteiger partial charge in [-0.1, -0.05) is 17.3 Å². The average molecular weight is 440 g/mol. The quantitative estimate of drug-likeness (QED) is 0.490. The molecule has 3 heterocycles. The Hall–Kier alpha value is -3.53. The molecule has 31 heavy (non-hydrogen) atoms. The molecule has 2 aromatic heterocycles. The SMILES string of the molecule is COc1ccccc1S(=O)(=O)Nc1noc2cc(Cn3cccn3)c3c(c12)OC(C)C3. The maximum Gasteiger partial charge on any atom is 0.266 e. The predicted molar refractivity (Wildman–Crippen MR) is 113 cm³/mol. The molecule has 0 radical (unpaired) electrons. The lowest BCUT2D eigenvalue weighted by molar-refractivity contribution is 0.257. The van der Waals surface area contributed by atoms with Crippen molar-refractivity contribution in [3.8, 4) is 11.5 Å². The van der Waals surface area contributed by atoms with Gasteiger partial charge in [-0.15, -0.1) is 0 Å². The molecule has 2 aromatic carbocycles. The Morgan fingerprint density at radius 1 is 1.29 bits per heavy atom. The van der Waals surface area contributed by atoms with E-state index in [1.54, 1.807) is 24.4 Å². The summed E-state index contributed by atoms with van der Waals surface area (Å²) in [5, 5.41) is 8.76. The van der Waals surface area contributed by atoms with E-state index in [1.807, 2.05) is 29.9 Å². The molecule has 0 saturated carbocycles. The Morgan fingerprint density at radius 2 is 2.13 bits per heavy atom. The summed E-state index contributed by atoms with van der Waals surface area (Å²) < 4.78 is 47.2. The number of sulfonamides is 1. The second-order valence-corrected chi connectivity index (χ2v) is 8.99. The number of rotatable bonds is 6. The van der Waals surface area contributed by atoms with Crippen LogP contribution >= 0.6 is 0 Å². The summed E-state index contributed by atoms with van der Waals surface area (Å²) in [7, 11) is -2.55. The third-order valence-corrected chi connectivity index (χ3v) is 6.58. The maximum absolute atomic E-state index is 13.0. The van der Waals surface area contributed by atoms with Crippen LogP contribution in [0.2, 0.25) is 0 Å². The van der Waals surface area contributed by atoms with Crippen LogP contribution in [-0.2, 0) is 23.0 Å². The van der Waals surface area contributed by atoms with Gasteiger partial charge in [0.15, 0.2) is 11.4 Å².